The highest BCUT2D eigenvalue weighted by atomic mass is 14.2. The Bertz CT molecular complexity index is 96.2. The summed E-state index contributed by atoms with van der Waals surface area (Å²) in [7, 11) is 0. The van der Waals surface area contributed by atoms with Gasteiger partial charge in [0, 0.05) is 0 Å². The van der Waals surface area contributed by atoms with Gasteiger partial charge in [0.25, 0.3) is 0 Å². The summed E-state index contributed by atoms with van der Waals surface area (Å²) in [5.41, 5.74) is 0. The van der Waals surface area contributed by atoms with E-state index in [1.165, 1.54) is 32.1 Å². The molecule has 13 heavy (non-hydrogen) atoms. The number of unbranched alkanes of at least 4 members (excludes halogenated alkanes) is 2. The Hall–Kier alpha value is 0. The zero-order valence-electron chi connectivity index (χ0n) is 9.52. The molecule has 0 aliphatic rings. The summed E-state index contributed by atoms with van der Waals surface area (Å²) in [4.78, 5) is 0. The van der Waals surface area contributed by atoms with Gasteiger partial charge in [0.05, 0.1) is 0 Å². The maximum atomic E-state index is 3.94. The lowest BCUT2D eigenvalue weighted by Crippen LogP contribution is -2.10. The summed E-state index contributed by atoms with van der Waals surface area (Å²) >= 11 is 0. The highest BCUT2D eigenvalue weighted by Gasteiger charge is 2.13. The van der Waals surface area contributed by atoms with Gasteiger partial charge in [-0.15, -0.1) is 0 Å². The molecule has 0 amide bonds. The largest absolute Gasteiger partial charge is 0.0651 e. The van der Waals surface area contributed by atoms with Crippen molar-refractivity contribution in [2.45, 2.75) is 58.8 Å². The Morgan fingerprint density at radius 3 is 2.15 bits per heavy atom. The fourth-order valence-corrected chi connectivity index (χ4v) is 2.03. The molecule has 2 radical (unpaired) electrons. The molecule has 0 heteroatoms. The molecule has 0 rings (SSSR count). The van der Waals surface area contributed by atoms with Gasteiger partial charge in [-0.05, 0) is 11.8 Å². The van der Waals surface area contributed by atoms with Crippen LogP contribution in [0.2, 0.25) is 0 Å². The van der Waals surface area contributed by atoms with E-state index in [1.54, 1.807) is 0 Å². The van der Waals surface area contributed by atoms with Crippen LogP contribution in [-0.4, -0.2) is 0 Å². The smallest absolute Gasteiger partial charge is 0.0391 e. The summed E-state index contributed by atoms with van der Waals surface area (Å²) in [5.74, 6) is 1.79. The van der Waals surface area contributed by atoms with Crippen molar-refractivity contribution in [3.63, 3.8) is 0 Å². The molecule has 0 spiro atoms. The molecule has 0 aromatic carbocycles. The van der Waals surface area contributed by atoms with Gasteiger partial charge in [0.1, 0.15) is 0 Å². The van der Waals surface area contributed by atoms with Crippen molar-refractivity contribution in [2.75, 3.05) is 0 Å². The van der Waals surface area contributed by atoms with Crippen LogP contribution in [0.3, 0.4) is 0 Å². The van der Waals surface area contributed by atoms with Gasteiger partial charge in [-0.2, -0.15) is 0 Å². The highest BCUT2D eigenvalue weighted by Crippen LogP contribution is 2.25. The van der Waals surface area contributed by atoms with Crippen molar-refractivity contribution in [1.29, 1.82) is 0 Å². The Labute approximate surface area is 85.1 Å². The first-order chi connectivity index (χ1) is 6.26. The summed E-state index contributed by atoms with van der Waals surface area (Å²) < 4.78 is 0. The van der Waals surface area contributed by atoms with E-state index in [1.807, 2.05) is 0 Å². The van der Waals surface area contributed by atoms with E-state index in [0.717, 1.165) is 24.7 Å². The molecule has 0 aliphatic heterocycles. The molecular formula is C13H26. The third-order valence-corrected chi connectivity index (χ3v) is 3.06. The predicted octanol–water partition coefficient (Wildman–Crippen LogP) is 4.66. The van der Waals surface area contributed by atoms with Crippen LogP contribution in [0.25, 0.3) is 0 Å². The van der Waals surface area contributed by atoms with Crippen molar-refractivity contribution in [3.8, 4) is 0 Å². The zero-order chi connectivity index (χ0) is 10.1. The second-order valence-corrected chi connectivity index (χ2v) is 4.14. The minimum atomic E-state index is 0.887. The molecule has 0 fully saturated rings. The summed E-state index contributed by atoms with van der Waals surface area (Å²) in [5, 5.41) is 0. The summed E-state index contributed by atoms with van der Waals surface area (Å²) in [6.45, 7) is 12.5. The van der Waals surface area contributed by atoms with E-state index in [-0.39, 0.29) is 0 Å². The molecule has 0 nitrogen and oxygen atoms in total. The maximum absolute atomic E-state index is 3.94. The molecule has 2 unspecified atom stereocenters. The van der Waals surface area contributed by atoms with Crippen LogP contribution in [-0.2, 0) is 0 Å². The Morgan fingerprint density at radius 2 is 1.69 bits per heavy atom. The maximum Gasteiger partial charge on any atom is -0.0391 e. The van der Waals surface area contributed by atoms with Gasteiger partial charge in [-0.25, -0.2) is 0 Å². The number of hydrogen-bond acceptors (Lipinski definition) is 0. The lowest BCUT2D eigenvalue weighted by atomic mass is 9.84. The van der Waals surface area contributed by atoms with Crippen LogP contribution < -0.4 is 0 Å². The van der Waals surface area contributed by atoms with E-state index < -0.39 is 0 Å². The highest BCUT2D eigenvalue weighted by molar-refractivity contribution is 4.66. The molecule has 0 bridgehead atoms. The average Bonchev–Trinajstić information content (AvgIpc) is 2.14. The summed E-state index contributed by atoms with van der Waals surface area (Å²) in [6.07, 6.45) is 8.86. The van der Waals surface area contributed by atoms with Crippen LogP contribution >= 0.6 is 0 Å². The Kier molecular flexibility index (Phi) is 8.59. The van der Waals surface area contributed by atoms with Crippen molar-refractivity contribution in [1.82, 2.24) is 0 Å². The predicted molar refractivity (Wildman–Crippen MR) is 61.4 cm³/mol. The molecular weight excluding hydrogens is 156 g/mol. The van der Waals surface area contributed by atoms with Gasteiger partial charge in [-0.1, -0.05) is 72.6 Å². The van der Waals surface area contributed by atoms with Gasteiger partial charge in [-0.3, -0.25) is 0 Å². The normalized spacial score (nSPS) is 15.7. The molecule has 2 atom stereocenters. The molecule has 0 N–H and O–H groups in total. The second kappa shape index (κ2) is 8.59. The molecule has 0 saturated carbocycles. The third-order valence-electron chi connectivity index (χ3n) is 3.06. The molecule has 0 aromatic rings. The fourth-order valence-electron chi connectivity index (χ4n) is 2.03. The van der Waals surface area contributed by atoms with Gasteiger partial charge >= 0.3 is 0 Å². The lowest BCUT2D eigenvalue weighted by Gasteiger charge is -2.21. The van der Waals surface area contributed by atoms with E-state index in [0.29, 0.717) is 0 Å². The van der Waals surface area contributed by atoms with Gasteiger partial charge in [0.15, 0.2) is 0 Å². The average molecular weight is 182 g/mol. The van der Waals surface area contributed by atoms with E-state index in [9.17, 15) is 0 Å². The van der Waals surface area contributed by atoms with Gasteiger partial charge < -0.3 is 0 Å². The van der Waals surface area contributed by atoms with Crippen molar-refractivity contribution in [2.24, 2.45) is 11.8 Å². The van der Waals surface area contributed by atoms with Crippen LogP contribution in [0.1, 0.15) is 58.8 Å². The Balaban J connectivity index is 3.57. The van der Waals surface area contributed by atoms with Gasteiger partial charge in [0.2, 0.25) is 0 Å². The first-order valence-electron chi connectivity index (χ1n) is 5.84. The molecule has 0 heterocycles. The van der Waals surface area contributed by atoms with E-state index >= 15 is 0 Å². The quantitative estimate of drug-likeness (QED) is 0.479. The number of rotatable bonds is 8. The van der Waals surface area contributed by atoms with Crippen LogP contribution in [0.5, 0.6) is 0 Å². The third kappa shape index (κ3) is 6.12. The first kappa shape index (κ1) is 13.0. The second-order valence-electron chi connectivity index (χ2n) is 4.14. The van der Waals surface area contributed by atoms with E-state index in [4.69, 9.17) is 0 Å². The molecule has 0 aromatic heterocycles. The van der Waals surface area contributed by atoms with Crippen molar-refractivity contribution in [3.05, 3.63) is 13.8 Å². The molecule has 0 aliphatic carbocycles. The van der Waals surface area contributed by atoms with Crippen molar-refractivity contribution < 1.29 is 0 Å². The minimum Gasteiger partial charge on any atom is -0.0651 e. The van der Waals surface area contributed by atoms with E-state index in [2.05, 4.69) is 27.7 Å². The molecule has 78 valence electrons. The molecule has 0 saturated heterocycles. The first-order valence-corrected chi connectivity index (χ1v) is 5.84. The number of hydrogen-bond donors (Lipinski definition) is 0. The SMILES string of the molecule is [CH2]CCCCC(C)C(CC)CC[CH2]. The summed E-state index contributed by atoms with van der Waals surface area (Å²) in [6, 6.07) is 0. The monoisotopic (exact) mass is 182 g/mol. The lowest BCUT2D eigenvalue weighted by molar-refractivity contribution is 0.303. The van der Waals surface area contributed by atoms with Crippen LogP contribution in [0.4, 0.5) is 0 Å². The standard InChI is InChI=1S/C13H26/c1-5-8-9-11-12(4)13(7-3)10-6-2/h12-13H,1-2,5-11H2,3-4H3. The van der Waals surface area contributed by atoms with Crippen LogP contribution in [0, 0.1) is 25.7 Å². The van der Waals surface area contributed by atoms with Crippen molar-refractivity contribution >= 4 is 0 Å². The van der Waals surface area contributed by atoms with Crippen LogP contribution in [0.15, 0.2) is 0 Å². The minimum absolute atomic E-state index is 0.887. The zero-order valence-corrected chi connectivity index (χ0v) is 9.52. The fraction of sp³-hybridized carbons (Fsp3) is 0.846. The Morgan fingerprint density at radius 1 is 1.00 bits per heavy atom. The topological polar surface area (TPSA) is 0 Å².